The van der Waals surface area contributed by atoms with E-state index in [0.29, 0.717) is 0 Å². The summed E-state index contributed by atoms with van der Waals surface area (Å²) in [6.07, 6.45) is 8.84. The molecule has 0 heteroatoms. The number of hydrogen-bond donors (Lipinski definition) is 0. The third kappa shape index (κ3) is 2.61. The Bertz CT molecular complexity index is 978. The standard InChI is InChI=1S/C27H24/c1-3-13-23-24-19-11-12-20-26(24)27(25(23)14-4-2,21-15-7-5-8-16-21)22-17-9-6-10-18-22/h3-20H,1-2H3/b13-3-,14-4-. The molecule has 27 heavy (non-hydrogen) atoms. The van der Waals surface area contributed by atoms with E-state index in [1.54, 1.807) is 0 Å². The van der Waals surface area contributed by atoms with Crippen LogP contribution in [0.1, 0.15) is 36.1 Å². The molecule has 3 aromatic carbocycles. The van der Waals surface area contributed by atoms with Crippen molar-refractivity contribution in [2.75, 3.05) is 0 Å². The zero-order chi connectivity index (χ0) is 18.7. The van der Waals surface area contributed by atoms with E-state index in [1.807, 2.05) is 0 Å². The molecule has 0 heterocycles. The molecule has 0 saturated carbocycles. The maximum atomic E-state index is 2.29. The van der Waals surface area contributed by atoms with E-state index in [4.69, 9.17) is 0 Å². The Morgan fingerprint density at radius 1 is 0.593 bits per heavy atom. The smallest absolute Gasteiger partial charge is 0.0713 e. The summed E-state index contributed by atoms with van der Waals surface area (Å²) in [5.74, 6) is 0. The molecule has 0 aliphatic heterocycles. The average Bonchev–Trinajstić information content (AvgIpc) is 3.01. The summed E-state index contributed by atoms with van der Waals surface area (Å²) in [7, 11) is 0. The van der Waals surface area contributed by atoms with Crippen LogP contribution in [0.4, 0.5) is 0 Å². The van der Waals surface area contributed by atoms with E-state index in [9.17, 15) is 0 Å². The fourth-order valence-corrected chi connectivity index (χ4v) is 4.43. The normalized spacial score (nSPS) is 15.6. The van der Waals surface area contributed by atoms with Crippen LogP contribution in [0.25, 0.3) is 5.57 Å². The molecule has 0 atom stereocenters. The predicted octanol–water partition coefficient (Wildman–Crippen LogP) is 6.94. The second-order valence-corrected chi connectivity index (χ2v) is 6.85. The van der Waals surface area contributed by atoms with Gasteiger partial charge in [-0.25, -0.2) is 0 Å². The van der Waals surface area contributed by atoms with Crippen LogP contribution in [0, 0.1) is 0 Å². The first-order valence-corrected chi connectivity index (χ1v) is 9.55. The van der Waals surface area contributed by atoms with E-state index in [-0.39, 0.29) is 5.41 Å². The van der Waals surface area contributed by atoms with Crippen LogP contribution < -0.4 is 0 Å². The SMILES string of the molecule is C/C=C\C1=C(/C=C\C)C(c2ccccc2)(c2ccccc2)c2ccccc21. The second-order valence-electron chi connectivity index (χ2n) is 6.85. The largest absolute Gasteiger partial charge is 0.0873 e. The van der Waals surface area contributed by atoms with Crippen LogP contribution in [-0.2, 0) is 5.41 Å². The highest BCUT2D eigenvalue weighted by Gasteiger charge is 2.45. The fraction of sp³-hybridized carbons (Fsp3) is 0.111. The molecule has 1 aliphatic rings. The van der Waals surface area contributed by atoms with Gasteiger partial charge in [-0.05, 0) is 47.2 Å². The van der Waals surface area contributed by atoms with Crippen LogP contribution in [-0.4, -0.2) is 0 Å². The Morgan fingerprint density at radius 3 is 1.67 bits per heavy atom. The zero-order valence-corrected chi connectivity index (χ0v) is 15.9. The van der Waals surface area contributed by atoms with Crippen LogP contribution in [0.5, 0.6) is 0 Å². The van der Waals surface area contributed by atoms with Crippen LogP contribution >= 0.6 is 0 Å². The van der Waals surface area contributed by atoms with E-state index in [1.165, 1.54) is 33.4 Å². The molecule has 1 aliphatic carbocycles. The molecule has 132 valence electrons. The third-order valence-corrected chi connectivity index (χ3v) is 5.40. The summed E-state index contributed by atoms with van der Waals surface area (Å²) in [6.45, 7) is 4.19. The molecule has 0 nitrogen and oxygen atoms in total. The number of allylic oxidation sites excluding steroid dienone is 6. The fourth-order valence-electron chi connectivity index (χ4n) is 4.43. The van der Waals surface area contributed by atoms with Gasteiger partial charge in [-0.3, -0.25) is 0 Å². The van der Waals surface area contributed by atoms with Crippen molar-refractivity contribution in [3.63, 3.8) is 0 Å². The minimum absolute atomic E-state index is 0.305. The van der Waals surface area contributed by atoms with E-state index >= 15 is 0 Å². The Balaban J connectivity index is 2.20. The monoisotopic (exact) mass is 348 g/mol. The zero-order valence-electron chi connectivity index (χ0n) is 15.9. The van der Waals surface area contributed by atoms with Gasteiger partial charge < -0.3 is 0 Å². The second kappa shape index (κ2) is 7.25. The van der Waals surface area contributed by atoms with Crippen molar-refractivity contribution in [3.05, 3.63) is 137 Å². The molecular weight excluding hydrogens is 324 g/mol. The maximum absolute atomic E-state index is 2.29. The van der Waals surface area contributed by atoms with Crippen molar-refractivity contribution in [1.29, 1.82) is 0 Å². The summed E-state index contributed by atoms with van der Waals surface area (Å²) in [5.41, 5.74) is 7.61. The molecule has 0 saturated heterocycles. The minimum atomic E-state index is -0.305. The van der Waals surface area contributed by atoms with Gasteiger partial charge in [-0.1, -0.05) is 109 Å². The van der Waals surface area contributed by atoms with Crippen molar-refractivity contribution in [3.8, 4) is 0 Å². The van der Waals surface area contributed by atoms with Gasteiger partial charge in [0.05, 0.1) is 5.41 Å². The number of benzene rings is 3. The molecule has 0 amide bonds. The lowest BCUT2D eigenvalue weighted by atomic mass is 9.67. The quantitative estimate of drug-likeness (QED) is 0.479. The van der Waals surface area contributed by atoms with Crippen molar-refractivity contribution < 1.29 is 0 Å². The van der Waals surface area contributed by atoms with Crippen LogP contribution in [0.2, 0.25) is 0 Å². The van der Waals surface area contributed by atoms with Crippen molar-refractivity contribution in [2.45, 2.75) is 19.3 Å². The molecule has 0 unspecified atom stereocenters. The summed E-state index contributed by atoms with van der Waals surface area (Å²) >= 11 is 0. The van der Waals surface area contributed by atoms with E-state index in [2.05, 4.69) is 123 Å². The van der Waals surface area contributed by atoms with Gasteiger partial charge in [0.25, 0.3) is 0 Å². The lowest BCUT2D eigenvalue weighted by Crippen LogP contribution is -2.29. The summed E-state index contributed by atoms with van der Waals surface area (Å²) in [4.78, 5) is 0. The molecule has 0 aromatic heterocycles. The first-order valence-electron chi connectivity index (χ1n) is 9.55. The molecule has 0 spiro atoms. The van der Waals surface area contributed by atoms with Gasteiger partial charge in [-0.15, -0.1) is 0 Å². The molecule has 0 N–H and O–H groups in total. The first kappa shape index (κ1) is 17.3. The van der Waals surface area contributed by atoms with E-state index in [0.717, 1.165) is 0 Å². The maximum Gasteiger partial charge on any atom is 0.0713 e. The van der Waals surface area contributed by atoms with Crippen LogP contribution in [0.15, 0.2) is 115 Å². The number of hydrogen-bond acceptors (Lipinski definition) is 0. The predicted molar refractivity (Wildman–Crippen MR) is 116 cm³/mol. The lowest BCUT2D eigenvalue weighted by molar-refractivity contribution is 0.761. The molecule has 0 radical (unpaired) electrons. The van der Waals surface area contributed by atoms with Gasteiger partial charge in [0.15, 0.2) is 0 Å². The van der Waals surface area contributed by atoms with Gasteiger partial charge in [0, 0.05) is 0 Å². The summed E-state index contributed by atoms with van der Waals surface area (Å²) in [5, 5.41) is 0. The molecule has 3 aromatic rings. The highest BCUT2D eigenvalue weighted by Crippen LogP contribution is 2.55. The van der Waals surface area contributed by atoms with Gasteiger partial charge in [0.1, 0.15) is 0 Å². The Hall–Kier alpha value is -3.12. The molecule has 4 rings (SSSR count). The minimum Gasteiger partial charge on any atom is -0.0873 e. The van der Waals surface area contributed by atoms with Crippen LogP contribution in [0.3, 0.4) is 0 Å². The Morgan fingerprint density at radius 2 is 1.11 bits per heavy atom. The number of fused-ring (bicyclic) bond motifs is 1. The first-order chi connectivity index (χ1) is 13.3. The third-order valence-electron chi connectivity index (χ3n) is 5.40. The highest BCUT2D eigenvalue weighted by molar-refractivity contribution is 5.91. The Kier molecular flexibility index (Phi) is 4.64. The van der Waals surface area contributed by atoms with Crippen molar-refractivity contribution in [2.24, 2.45) is 0 Å². The van der Waals surface area contributed by atoms with Gasteiger partial charge >= 0.3 is 0 Å². The summed E-state index contributed by atoms with van der Waals surface area (Å²) in [6, 6.07) is 30.6. The average molecular weight is 348 g/mol. The summed E-state index contributed by atoms with van der Waals surface area (Å²) < 4.78 is 0. The molecule has 0 bridgehead atoms. The Labute approximate surface area is 162 Å². The van der Waals surface area contributed by atoms with Crippen molar-refractivity contribution in [1.82, 2.24) is 0 Å². The molecular formula is C27H24. The molecule has 0 fully saturated rings. The van der Waals surface area contributed by atoms with E-state index < -0.39 is 0 Å². The van der Waals surface area contributed by atoms with Gasteiger partial charge in [-0.2, -0.15) is 0 Å². The van der Waals surface area contributed by atoms with Gasteiger partial charge in [0.2, 0.25) is 0 Å². The highest BCUT2D eigenvalue weighted by atomic mass is 14.5. The van der Waals surface area contributed by atoms with Crippen molar-refractivity contribution >= 4 is 5.57 Å². The topological polar surface area (TPSA) is 0 Å². The lowest BCUT2D eigenvalue weighted by Gasteiger charge is -2.34. The number of rotatable bonds is 4.